The fourth-order valence-electron chi connectivity index (χ4n) is 2.67. The van der Waals surface area contributed by atoms with Gasteiger partial charge in [-0.2, -0.15) is 0 Å². The van der Waals surface area contributed by atoms with Gasteiger partial charge in [-0.15, -0.1) is 0 Å². The first-order chi connectivity index (χ1) is 8.19. The number of esters is 2. The van der Waals surface area contributed by atoms with Gasteiger partial charge in [0.1, 0.15) is 0 Å². The largest absolute Gasteiger partial charge is 0.393 e. The topological polar surface area (TPSA) is 43.4 Å². The molecular weight excluding hydrogens is 216 g/mol. The summed E-state index contributed by atoms with van der Waals surface area (Å²) in [5.74, 6) is -0.309. The summed E-state index contributed by atoms with van der Waals surface area (Å²) in [5.41, 5.74) is 0. The van der Waals surface area contributed by atoms with Crippen molar-refractivity contribution in [3.05, 3.63) is 0 Å². The van der Waals surface area contributed by atoms with Crippen LogP contribution in [0.4, 0.5) is 0 Å². The summed E-state index contributed by atoms with van der Waals surface area (Å²) < 4.78 is 4.92. The lowest BCUT2D eigenvalue weighted by Crippen LogP contribution is -2.28. The first kappa shape index (κ1) is 14.2. The molecule has 1 fully saturated rings. The number of carbonyl (C=O) groups excluding carboxylic acids is 2. The molecule has 1 unspecified atom stereocenters. The van der Waals surface area contributed by atoms with Gasteiger partial charge in [-0.05, 0) is 31.6 Å². The van der Waals surface area contributed by atoms with E-state index in [0.29, 0.717) is 12.3 Å². The Balaban J connectivity index is 2.47. The Hall–Kier alpha value is -0.860. The highest BCUT2D eigenvalue weighted by molar-refractivity contribution is 5.86. The van der Waals surface area contributed by atoms with Gasteiger partial charge >= 0.3 is 11.9 Å². The molecule has 1 aliphatic carbocycles. The van der Waals surface area contributed by atoms with Crippen molar-refractivity contribution in [2.24, 2.45) is 11.8 Å². The van der Waals surface area contributed by atoms with Crippen LogP contribution in [0.5, 0.6) is 0 Å². The van der Waals surface area contributed by atoms with Crippen LogP contribution in [0, 0.1) is 11.8 Å². The smallest absolute Gasteiger partial charge is 0.316 e. The SMILES string of the molecule is CCCC(=O)OC(=O)C(CC)C1CCCCC1. The maximum Gasteiger partial charge on any atom is 0.316 e. The van der Waals surface area contributed by atoms with Crippen molar-refractivity contribution < 1.29 is 14.3 Å². The molecule has 17 heavy (non-hydrogen) atoms. The zero-order valence-electron chi connectivity index (χ0n) is 11.0. The van der Waals surface area contributed by atoms with Crippen LogP contribution >= 0.6 is 0 Å². The van der Waals surface area contributed by atoms with E-state index in [1.54, 1.807) is 0 Å². The Bertz CT molecular complexity index is 254. The fourth-order valence-corrected chi connectivity index (χ4v) is 2.67. The van der Waals surface area contributed by atoms with Crippen molar-refractivity contribution in [3.8, 4) is 0 Å². The van der Waals surface area contributed by atoms with E-state index in [0.717, 1.165) is 25.7 Å². The van der Waals surface area contributed by atoms with Crippen LogP contribution in [0.3, 0.4) is 0 Å². The highest BCUT2D eigenvalue weighted by Gasteiger charge is 2.30. The van der Waals surface area contributed by atoms with Gasteiger partial charge in [-0.3, -0.25) is 9.59 Å². The Morgan fingerprint density at radius 1 is 1.18 bits per heavy atom. The van der Waals surface area contributed by atoms with Crippen molar-refractivity contribution in [1.29, 1.82) is 0 Å². The second-order valence-electron chi connectivity index (χ2n) is 4.96. The van der Waals surface area contributed by atoms with E-state index in [4.69, 9.17) is 4.74 Å². The highest BCUT2D eigenvalue weighted by Crippen LogP contribution is 2.32. The van der Waals surface area contributed by atoms with E-state index in [1.165, 1.54) is 19.3 Å². The molecule has 0 heterocycles. The summed E-state index contributed by atoms with van der Waals surface area (Å²) in [6.45, 7) is 3.91. The van der Waals surface area contributed by atoms with Gasteiger partial charge in [0.05, 0.1) is 5.92 Å². The molecule has 0 aromatic heterocycles. The molecule has 0 N–H and O–H groups in total. The minimum atomic E-state index is -0.369. The quantitative estimate of drug-likeness (QED) is 0.546. The molecule has 0 bridgehead atoms. The molecular formula is C14H24O3. The summed E-state index contributed by atoms with van der Waals surface area (Å²) in [6, 6.07) is 0. The molecule has 0 aromatic carbocycles. The zero-order valence-corrected chi connectivity index (χ0v) is 11.0. The van der Waals surface area contributed by atoms with Gasteiger partial charge in [0.15, 0.2) is 0 Å². The third-order valence-electron chi connectivity index (χ3n) is 3.63. The predicted molar refractivity (Wildman–Crippen MR) is 66.4 cm³/mol. The minimum Gasteiger partial charge on any atom is -0.393 e. The Labute approximate surface area is 104 Å². The van der Waals surface area contributed by atoms with Gasteiger partial charge in [-0.1, -0.05) is 33.1 Å². The van der Waals surface area contributed by atoms with Crippen LogP contribution in [0.2, 0.25) is 0 Å². The third kappa shape index (κ3) is 4.49. The van der Waals surface area contributed by atoms with Crippen LogP contribution in [-0.4, -0.2) is 11.9 Å². The predicted octanol–water partition coefficient (Wildman–Crippen LogP) is 3.46. The molecule has 0 radical (unpaired) electrons. The average Bonchev–Trinajstić information content (AvgIpc) is 2.31. The van der Waals surface area contributed by atoms with E-state index >= 15 is 0 Å². The lowest BCUT2D eigenvalue weighted by molar-refractivity contribution is -0.164. The van der Waals surface area contributed by atoms with Gasteiger partial charge in [0.25, 0.3) is 0 Å². The zero-order chi connectivity index (χ0) is 12.7. The van der Waals surface area contributed by atoms with E-state index in [2.05, 4.69) is 0 Å². The van der Waals surface area contributed by atoms with E-state index in [9.17, 15) is 9.59 Å². The average molecular weight is 240 g/mol. The van der Waals surface area contributed by atoms with Gasteiger partial charge < -0.3 is 4.74 Å². The van der Waals surface area contributed by atoms with Crippen molar-refractivity contribution in [3.63, 3.8) is 0 Å². The second-order valence-corrected chi connectivity index (χ2v) is 4.96. The molecule has 0 aliphatic heterocycles. The Morgan fingerprint density at radius 3 is 2.35 bits per heavy atom. The molecule has 3 nitrogen and oxygen atoms in total. The van der Waals surface area contributed by atoms with Crippen molar-refractivity contribution in [2.45, 2.75) is 65.2 Å². The summed E-state index contributed by atoms with van der Waals surface area (Å²) in [4.78, 5) is 23.2. The molecule has 98 valence electrons. The molecule has 1 rings (SSSR count). The summed E-state index contributed by atoms with van der Waals surface area (Å²) >= 11 is 0. The van der Waals surface area contributed by atoms with Crippen LogP contribution < -0.4 is 0 Å². The molecule has 0 spiro atoms. The second kappa shape index (κ2) is 7.46. The first-order valence-electron chi connectivity index (χ1n) is 6.93. The Kier molecular flexibility index (Phi) is 6.23. The molecule has 1 atom stereocenters. The van der Waals surface area contributed by atoms with Crippen molar-refractivity contribution in [1.82, 2.24) is 0 Å². The molecule has 0 saturated heterocycles. The van der Waals surface area contributed by atoms with E-state index < -0.39 is 0 Å². The maximum atomic E-state index is 11.9. The van der Waals surface area contributed by atoms with E-state index in [-0.39, 0.29) is 17.9 Å². The van der Waals surface area contributed by atoms with Crippen molar-refractivity contribution >= 4 is 11.9 Å². The first-order valence-corrected chi connectivity index (χ1v) is 6.93. The standard InChI is InChI=1S/C14H24O3/c1-3-8-13(15)17-14(16)12(4-2)11-9-6-5-7-10-11/h11-12H,3-10H2,1-2H3. The lowest BCUT2D eigenvalue weighted by Gasteiger charge is -2.27. The molecule has 0 aromatic rings. The van der Waals surface area contributed by atoms with Crippen LogP contribution in [0.1, 0.15) is 65.2 Å². The number of carbonyl (C=O) groups is 2. The molecule has 0 amide bonds. The van der Waals surface area contributed by atoms with Crippen molar-refractivity contribution in [2.75, 3.05) is 0 Å². The summed E-state index contributed by atoms with van der Waals surface area (Å²) in [5, 5.41) is 0. The van der Waals surface area contributed by atoms with Gasteiger partial charge in [0, 0.05) is 6.42 Å². The molecule has 3 heteroatoms. The molecule has 1 saturated carbocycles. The number of hydrogen-bond acceptors (Lipinski definition) is 3. The highest BCUT2D eigenvalue weighted by atomic mass is 16.6. The number of hydrogen-bond donors (Lipinski definition) is 0. The number of ether oxygens (including phenoxy) is 1. The van der Waals surface area contributed by atoms with Crippen LogP contribution in [-0.2, 0) is 14.3 Å². The minimum absolute atomic E-state index is 0.0730. The monoisotopic (exact) mass is 240 g/mol. The molecule has 1 aliphatic rings. The normalized spacial score (nSPS) is 18.7. The number of rotatable bonds is 5. The summed E-state index contributed by atoms with van der Waals surface area (Å²) in [6.07, 6.45) is 7.75. The summed E-state index contributed by atoms with van der Waals surface area (Å²) in [7, 11) is 0. The van der Waals surface area contributed by atoms with Crippen LogP contribution in [0.25, 0.3) is 0 Å². The maximum absolute atomic E-state index is 11.9. The fraction of sp³-hybridized carbons (Fsp3) is 0.857. The van der Waals surface area contributed by atoms with Gasteiger partial charge in [0.2, 0.25) is 0 Å². The lowest BCUT2D eigenvalue weighted by atomic mass is 9.79. The third-order valence-corrected chi connectivity index (χ3v) is 3.63. The van der Waals surface area contributed by atoms with E-state index in [1.807, 2.05) is 13.8 Å². The Morgan fingerprint density at radius 2 is 1.82 bits per heavy atom. The van der Waals surface area contributed by atoms with Crippen LogP contribution in [0.15, 0.2) is 0 Å². The van der Waals surface area contributed by atoms with Gasteiger partial charge in [-0.25, -0.2) is 0 Å².